The van der Waals surface area contributed by atoms with Crippen LogP contribution in [-0.2, 0) is 11.2 Å². The third kappa shape index (κ3) is 5.98. The number of carbonyl (C=O) groups is 2. The van der Waals surface area contributed by atoms with Crippen molar-refractivity contribution in [3.05, 3.63) is 70.3 Å². The number of anilines is 1. The van der Waals surface area contributed by atoms with Gasteiger partial charge in [0.2, 0.25) is 5.91 Å². The van der Waals surface area contributed by atoms with Gasteiger partial charge in [-0.2, -0.15) is 0 Å². The molecule has 1 aliphatic rings. The molecule has 2 amide bonds. The Labute approximate surface area is 203 Å². The molecule has 2 aromatic heterocycles. The van der Waals surface area contributed by atoms with Gasteiger partial charge < -0.3 is 9.64 Å². The molecular formula is C25H29N5O3S. The first kappa shape index (κ1) is 23.8. The van der Waals surface area contributed by atoms with Crippen LogP contribution in [0.3, 0.4) is 0 Å². The minimum Gasteiger partial charge on any atom is -0.497 e. The summed E-state index contributed by atoms with van der Waals surface area (Å²) < 4.78 is 5.19. The number of thiazole rings is 1. The monoisotopic (exact) mass is 479 g/mol. The van der Waals surface area contributed by atoms with Gasteiger partial charge in [0.25, 0.3) is 5.91 Å². The van der Waals surface area contributed by atoms with E-state index in [4.69, 9.17) is 4.74 Å². The largest absolute Gasteiger partial charge is 0.497 e. The number of aryl methyl sites for hydroxylation is 1. The lowest BCUT2D eigenvalue weighted by Crippen LogP contribution is -2.52. The van der Waals surface area contributed by atoms with Crippen molar-refractivity contribution in [2.24, 2.45) is 0 Å². The molecular weight excluding hydrogens is 450 g/mol. The van der Waals surface area contributed by atoms with Crippen molar-refractivity contribution in [1.82, 2.24) is 19.8 Å². The Morgan fingerprint density at radius 2 is 1.76 bits per heavy atom. The van der Waals surface area contributed by atoms with Crippen LogP contribution in [0.4, 0.5) is 5.82 Å². The summed E-state index contributed by atoms with van der Waals surface area (Å²) in [6, 6.07) is 11.0. The first-order chi connectivity index (χ1) is 16.5. The third-order valence-electron chi connectivity index (χ3n) is 5.95. The molecule has 9 heteroatoms. The van der Waals surface area contributed by atoms with E-state index in [1.54, 1.807) is 31.4 Å². The molecule has 0 bridgehead atoms. The van der Waals surface area contributed by atoms with Crippen LogP contribution < -0.4 is 9.64 Å². The molecule has 0 unspecified atom stereocenters. The van der Waals surface area contributed by atoms with Gasteiger partial charge in [-0.25, -0.2) is 4.98 Å². The SMILES string of the molecule is COc1ccc(C(=O)N(CC(=O)N2CCN(CCc3ccncc3)CC2)c2csc(C)n2)cc1. The van der Waals surface area contributed by atoms with Gasteiger partial charge in [0.1, 0.15) is 18.1 Å². The van der Waals surface area contributed by atoms with E-state index in [1.807, 2.05) is 41.7 Å². The number of nitrogens with zero attached hydrogens (tertiary/aromatic N) is 5. The van der Waals surface area contributed by atoms with Gasteiger partial charge >= 0.3 is 0 Å². The normalized spacial score (nSPS) is 14.1. The van der Waals surface area contributed by atoms with Crippen molar-refractivity contribution >= 4 is 29.0 Å². The molecule has 4 rings (SSSR count). The van der Waals surface area contributed by atoms with E-state index < -0.39 is 0 Å². The van der Waals surface area contributed by atoms with Crippen molar-refractivity contribution in [2.75, 3.05) is 51.3 Å². The molecule has 3 aromatic rings. The Morgan fingerprint density at radius 1 is 1.06 bits per heavy atom. The Balaban J connectivity index is 1.37. The zero-order valence-corrected chi connectivity index (χ0v) is 20.3. The highest BCUT2D eigenvalue weighted by Gasteiger charge is 2.27. The number of pyridine rings is 1. The quantitative estimate of drug-likeness (QED) is 0.494. The zero-order valence-electron chi connectivity index (χ0n) is 19.5. The molecule has 0 N–H and O–H groups in total. The molecule has 1 aromatic carbocycles. The molecule has 34 heavy (non-hydrogen) atoms. The van der Waals surface area contributed by atoms with Crippen molar-refractivity contribution in [2.45, 2.75) is 13.3 Å². The lowest BCUT2D eigenvalue weighted by molar-refractivity contribution is -0.131. The number of piperazine rings is 1. The maximum absolute atomic E-state index is 13.3. The van der Waals surface area contributed by atoms with Crippen LogP contribution >= 0.6 is 11.3 Å². The fourth-order valence-electron chi connectivity index (χ4n) is 3.92. The number of methoxy groups -OCH3 is 1. The van der Waals surface area contributed by atoms with Crippen molar-refractivity contribution in [3.63, 3.8) is 0 Å². The van der Waals surface area contributed by atoms with Crippen molar-refractivity contribution in [1.29, 1.82) is 0 Å². The fourth-order valence-corrected chi connectivity index (χ4v) is 4.52. The highest BCUT2D eigenvalue weighted by atomic mass is 32.1. The molecule has 1 fully saturated rings. The summed E-state index contributed by atoms with van der Waals surface area (Å²) in [6.45, 7) is 5.73. The zero-order chi connectivity index (χ0) is 23.9. The number of rotatable bonds is 8. The van der Waals surface area contributed by atoms with Crippen LogP contribution in [0.2, 0.25) is 0 Å². The van der Waals surface area contributed by atoms with E-state index in [0.29, 0.717) is 30.2 Å². The van der Waals surface area contributed by atoms with E-state index in [0.717, 1.165) is 31.1 Å². The molecule has 0 saturated carbocycles. The Bertz CT molecular complexity index is 1100. The number of amides is 2. The number of hydrogen-bond acceptors (Lipinski definition) is 7. The van der Waals surface area contributed by atoms with Gasteiger partial charge in [0.05, 0.1) is 12.1 Å². The van der Waals surface area contributed by atoms with Crippen LogP contribution in [0.25, 0.3) is 0 Å². The summed E-state index contributed by atoms with van der Waals surface area (Å²) in [6.07, 6.45) is 4.59. The molecule has 0 radical (unpaired) electrons. The van der Waals surface area contributed by atoms with Gasteiger partial charge in [-0.1, -0.05) is 0 Å². The van der Waals surface area contributed by atoms with Gasteiger partial charge in [0, 0.05) is 56.1 Å². The first-order valence-electron chi connectivity index (χ1n) is 11.3. The van der Waals surface area contributed by atoms with Gasteiger partial charge in [-0.05, 0) is 55.3 Å². The number of carbonyl (C=O) groups excluding carboxylic acids is 2. The summed E-state index contributed by atoms with van der Waals surface area (Å²) >= 11 is 1.46. The third-order valence-corrected chi connectivity index (χ3v) is 6.71. The first-order valence-corrected chi connectivity index (χ1v) is 12.2. The molecule has 1 saturated heterocycles. The van der Waals surface area contributed by atoms with Crippen LogP contribution in [0.1, 0.15) is 20.9 Å². The fraction of sp³-hybridized carbons (Fsp3) is 0.360. The summed E-state index contributed by atoms with van der Waals surface area (Å²) in [7, 11) is 1.58. The lowest BCUT2D eigenvalue weighted by atomic mass is 10.1. The van der Waals surface area contributed by atoms with Gasteiger partial charge in [-0.3, -0.25) is 24.4 Å². The molecule has 1 aliphatic heterocycles. The van der Waals surface area contributed by atoms with Gasteiger partial charge in [0.15, 0.2) is 0 Å². The number of ether oxygens (including phenoxy) is 1. The predicted molar refractivity (Wildman–Crippen MR) is 132 cm³/mol. The highest BCUT2D eigenvalue weighted by molar-refractivity contribution is 7.09. The standard InChI is InChI=1S/C25H29N5O3S/c1-19-27-23(18-34-19)30(25(32)21-3-5-22(33-2)6-4-21)17-24(31)29-15-13-28(14-16-29)12-9-20-7-10-26-11-8-20/h3-8,10-11,18H,9,12-17H2,1-2H3. The minimum atomic E-state index is -0.253. The van der Waals surface area contributed by atoms with Crippen LogP contribution in [0.15, 0.2) is 54.2 Å². The maximum Gasteiger partial charge on any atom is 0.259 e. The van der Waals surface area contributed by atoms with E-state index in [1.165, 1.54) is 21.8 Å². The summed E-state index contributed by atoms with van der Waals surface area (Å²) in [5.41, 5.74) is 1.75. The minimum absolute atomic E-state index is 0.0367. The Morgan fingerprint density at radius 3 is 2.38 bits per heavy atom. The smallest absolute Gasteiger partial charge is 0.259 e. The van der Waals surface area contributed by atoms with E-state index >= 15 is 0 Å². The second-order valence-corrected chi connectivity index (χ2v) is 9.23. The molecule has 178 valence electrons. The van der Waals surface area contributed by atoms with Crippen LogP contribution in [0, 0.1) is 6.92 Å². The van der Waals surface area contributed by atoms with E-state index in [9.17, 15) is 9.59 Å². The van der Waals surface area contributed by atoms with E-state index in [2.05, 4.69) is 14.9 Å². The highest BCUT2D eigenvalue weighted by Crippen LogP contribution is 2.22. The topological polar surface area (TPSA) is 78.9 Å². The molecule has 0 aliphatic carbocycles. The summed E-state index contributed by atoms with van der Waals surface area (Å²) in [5.74, 6) is 0.858. The van der Waals surface area contributed by atoms with E-state index in [-0.39, 0.29) is 18.4 Å². The number of aromatic nitrogens is 2. The van der Waals surface area contributed by atoms with Crippen molar-refractivity contribution in [3.8, 4) is 5.75 Å². The molecule has 8 nitrogen and oxygen atoms in total. The Hall–Kier alpha value is -3.30. The average molecular weight is 480 g/mol. The maximum atomic E-state index is 13.3. The summed E-state index contributed by atoms with van der Waals surface area (Å²) in [4.78, 5) is 40.7. The van der Waals surface area contributed by atoms with Crippen LogP contribution in [0.5, 0.6) is 5.75 Å². The summed E-state index contributed by atoms with van der Waals surface area (Å²) in [5, 5.41) is 2.67. The number of benzene rings is 1. The predicted octanol–water partition coefficient (Wildman–Crippen LogP) is 2.89. The average Bonchev–Trinajstić information content (AvgIpc) is 3.32. The van der Waals surface area contributed by atoms with Crippen molar-refractivity contribution < 1.29 is 14.3 Å². The number of hydrogen-bond donors (Lipinski definition) is 0. The second kappa shape index (κ2) is 11.2. The molecule has 0 spiro atoms. The second-order valence-electron chi connectivity index (χ2n) is 8.17. The lowest BCUT2D eigenvalue weighted by Gasteiger charge is -2.35. The Kier molecular flexibility index (Phi) is 7.87. The van der Waals surface area contributed by atoms with Crippen LogP contribution in [-0.4, -0.2) is 78.0 Å². The van der Waals surface area contributed by atoms with Gasteiger partial charge in [-0.15, -0.1) is 11.3 Å². The molecule has 0 atom stereocenters. The molecule has 3 heterocycles.